The van der Waals surface area contributed by atoms with Crippen LogP contribution in [0.4, 0.5) is 0 Å². The van der Waals surface area contributed by atoms with E-state index in [-0.39, 0.29) is 41.0 Å². The minimum absolute atomic E-state index is 0.116. The Morgan fingerprint density at radius 1 is 0.968 bits per heavy atom. The van der Waals surface area contributed by atoms with Crippen molar-refractivity contribution in [3.8, 4) is 0 Å². The topological polar surface area (TPSA) is 77.8 Å². The van der Waals surface area contributed by atoms with Crippen LogP contribution in [0, 0.1) is 52.3 Å². The molecule has 5 unspecified atom stereocenters. The van der Waals surface area contributed by atoms with E-state index >= 15 is 0 Å². The molecule has 0 bridgehead atoms. The predicted octanol–water partition coefficient (Wildman–Crippen LogP) is 4.59. The van der Waals surface area contributed by atoms with E-state index in [2.05, 4.69) is 20.8 Å². The van der Waals surface area contributed by atoms with Gasteiger partial charge >= 0.3 is 0 Å². The Morgan fingerprint density at radius 3 is 2.42 bits per heavy atom. The van der Waals surface area contributed by atoms with Crippen LogP contribution in [0.15, 0.2) is 0 Å². The molecule has 0 aromatic heterocycles. The lowest BCUT2D eigenvalue weighted by molar-refractivity contribution is -0.207. The van der Waals surface area contributed by atoms with Gasteiger partial charge in [0.25, 0.3) is 0 Å². The number of rotatable bonds is 6. The van der Waals surface area contributed by atoms with E-state index in [1.807, 2.05) is 6.92 Å². The number of carbonyl (C=O) groups is 1. The maximum atomic E-state index is 11.6. The molecule has 4 saturated carbocycles. The Morgan fingerprint density at radius 2 is 1.71 bits per heavy atom. The van der Waals surface area contributed by atoms with E-state index in [1.165, 1.54) is 0 Å². The van der Waals surface area contributed by atoms with Gasteiger partial charge in [0, 0.05) is 5.92 Å². The maximum Gasteiger partial charge on any atom is 0.122 e. The quantitative estimate of drug-likeness (QED) is 0.534. The molecule has 178 valence electrons. The van der Waals surface area contributed by atoms with E-state index in [0.717, 1.165) is 70.5 Å². The first kappa shape index (κ1) is 23.7. The minimum Gasteiger partial charge on any atom is -0.393 e. The second kappa shape index (κ2) is 8.72. The second-order valence-corrected chi connectivity index (χ2v) is 12.5. The van der Waals surface area contributed by atoms with Gasteiger partial charge in [0.05, 0.1) is 18.3 Å². The third kappa shape index (κ3) is 3.83. The van der Waals surface area contributed by atoms with E-state index < -0.39 is 0 Å². The van der Waals surface area contributed by atoms with Crippen molar-refractivity contribution in [3.05, 3.63) is 0 Å². The van der Waals surface area contributed by atoms with Crippen molar-refractivity contribution in [1.82, 2.24) is 0 Å². The first-order valence-electron chi connectivity index (χ1n) is 13.1. The van der Waals surface area contributed by atoms with Crippen molar-refractivity contribution in [2.75, 3.05) is 0 Å². The lowest BCUT2D eigenvalue weighted by atomic mass is 9.43. The average Bonchev–Trinajstić information content (AvgIpc) is 3.08. The van der Waals surface area contributed by atoms with Gasteiger partial charge in [-0.25, -0.2) is 0 Å². The van der Waals surface area contributed by atoms with E-state index in [0.29, 0.717) is 29.6 Å². The first-order valence-corrected chi connectivity index (χ1v) is 13.1. The SMILES string of the molecule is CC(C=O)CCC[C@@H](C)[C@H]1CC[C@H]2[C@@H]3C(O)CC4CC(O)CC[C@]4(C)[C@H]3CC(O)[C@]12C. The third-order valence-corrected chi connectivity index (χ3v) is 11.1. The fraction of sp³-hybridized carbons (Fsp3) is 0.963. The van der Waals surface area contributed by atoms with Crippen molar-refractivity contribution in [1.29, 1.82) is 0 Å². The highest BCUT2D eigenvalue weighted by atomic mass is 16.3. The number of hydrogen-bond acceptors (Lipinski definition) is 4. The summed E-state index contributed by atoms with van der Waals surface area (Å²) in [6, 6.07) is 0. The molecule has 4 aliphatic carbocycles. The van der Waals surface area contributed by atoms with Crippen molar-refractivity contribution in [2.45, 2.75) is 110 Å². The van der Waals surface area contributed by atoms with Crippen LogP contribution in [-0.2, 0) is 4.79 Å². The Bertz CT molecular complexity index is 651. The van der Waals surface area contributed by atoms with Crippen LogP contribution in [-0.4, -0.2) is 39.9 Å². The summed E-state index contributed by atoms with van der Waals surface area (Å²) < 4.78 is 0. The van der Waals surface area contributed by atoms with Gasteiger partial charge in [-0.05, 0) is 97.7 Å². The zero-order chi connectivity index (χ0) is 22.6. The number of carbonyl (C=O) groups excluding carboxylic acids is 1. The molecule has 31 heavy (non-hydrogen) atoms. The Kier molecular flexibility index (Phi) is 6.67. The molecule has 4 heteroatoms. The molecule has 0 radical (unpaired) electrons. The maximum absolute atomic E-state index is 11.6. The van der Waals surface area contributed by atoms with Gasteiger partial charge < -0.3 is 20.1 Å². The summed E-state index contributed by atoms with van der Waals surface area (Å²) in [5, 5.41) is 33.2. The van der Waals surface area contributed by atoms with Crippen molar-refractivity contribution < 1.29 is 20.1 Å². The Labute approximate surface area is 189 Å². The van der Waals surface area contributed by atoms with Crippen molar-refractivity contribution in [3.63, 3.8) is 0 Å². The number of hydrogen-bond donors (Lipinski definition) is 3. The second-order valence-electron chi connectivity index (χ2n) is 12.5. The van der Waals surface area contributed by atoms with Crippen LogP contribution < -0.4 is 0 Å². The van der Waals surface area contributed by atoms with Crippen LogP contribution in [0.1, 0.15) is 91.9 Å². The summed E-state index contributed by atoms with van der Waals surface area (Å²) in [5.74, 6) is 2.59. The zero-order valence-electron chi connectivity index (χ0n) is 20.2. The highest BCUT2D eigenvalue weighted by molar-refractivity contribution is 5.52. The van der Waals surface area contributed by atoms with E-state index in [9.17, 15) is 20.1 Å². The summed E-state index contributed by atoms with van der Waals surface area (Å²) in [6.45, 7) is 9.07. The molecular weight excluding hydrogens is 388 g/mol. The van der Waals surface area contributed by atoms with Crippen molar-refractivity contribution >= 4 is 6.29 Å². The van der Waals surface area contributed by atoms with Gasteiger partial charge in [0.2, 0.25) is 0 Å². The molecule has 0 aliphatic heterocycles. The number of aliphatic hydroxyl groups excluding tert-OH is 3. The van der Waals surface area contributed by atoms with Crippen LogP contribution >= 0.6 is 0 Å². The van der Waals surface area contributed by atoms with Crippen LogP contribution in [0.3, 0.4) is 0 Å². The Balaban J connectivity index is 1.53. The van der Waals surface area contributed by atoms with Gasteiger partial charge in [0.1, 0.15) is 6.29 Å². The standard InChI is InChI=1S/C27H46O4/c1-16(15-28)6-5-7-17(2)20-8-9-21-25-22(14-24(31)27(20,21)4)26(3)11-10-19(29)12-18(26)13-23(25)30/h15-25,29-31H,5-14H2,1-4H3/t16?,17-,18?,19?,20-,21+,22+,23?,24?,25+,26+,27-/m1/s1. The van der Waals surface area contributed by atoms with E-state index in [1.54, 1.807) is 0 Å². The zero-order valence-corrected chi connectivity index (χ0v) is 20.2. The molecule has 4 fully saturated rings. The highest BCUT2D eigenvalue weighted by Crippen LogP contribution is 2.68. The molecule has 0 aromatic carbocycles. The molecule has 4 aliphatic rings. The average molecular weight is 435 g/mol. The van der Waals surface area contributed by atoms with Crippen LogP contribution in [0.25, 0.3) is 0 Å². The van der Waals surface area contributed by atoms with E-state index in [4.69, 9.17) is 0 Å². The summed E-state index contributed by atoms with van der Waals surface area (Å²) in [5.41, 5.74) is 0.0231. The fourth-order valence-electron chi connectivity index (χ4n) is 9.16. The normalized spacial score (nSPS) is 51.3. The summed E-state index contributed by atoms with van der Waals surface area (Å²) in [7, 11) is 0. The monoisotopic (exact) mass is 434 g/mol. The fourth-order valence-corrected chi connectivity index (χ4v) is 9.16. The molecule has 0 heterocycles. The van der Waals surface area contributed by atoms with Crippen LogP contribution in [0.2, 0.25) is 0 Å². The van der Waals surface area contributed by atoms with Gasteiger partial charge in [-0.3, -0.25) is 0 Å². The highest BCUT2D eigenvalue weighted by Gasteiger charge is 2.65. The molecule has 4 nitrogen and oxygen atoms in total. The molecule has 3 N–H and O–H groups in total. The summed E-state index contributed by atoms with van der Waals surface area (Å²) in [6.07, 6.45) is 9.98. The number of aldehydes is 1. The van der Waals surface area contributed by atoms with Gasteiger partial charge in [0.15, 0.2) is 0 Å². The molecule has 4 rings (SSSR count). The molecule has 0 amide bonds. The first-order chi connectivity index (χ1) is 14.6. The van der Waals surface area contributed by atoms with Gasteiger partial charge in [-0.15, -0.1) is 0 Å². The molecule has 0 saturated heterocycles. The Hall–Kier alpha value is -0.450. The third-order valence-electron chi connectivity index (χ3n) is 11.1. The minimum atomic E-state index is -0.308. The van der Waals surface area contributed by atoms with Gasteiger partial charge in [-0.2, -0.15) is 0 Å². The van der Waals surface area contributed by atoms with Gasteiger partial charge in [-0.1, -0.05) is 40.5 Å². The van der Waals surface area contributed by atoms with Crippen molar-refractivity contribution in [2.24, 2.45) is 52.3 Å². The number of aliphatic hydroxyl groups is 3. The molecule has 12 atom stereocenters. The summed E-state index contributed by atoms with van der Waals surface area (Å²) in [4.78, 5) is 11.0. The number of fused-ring (bicyclic) bond motifs is 5. The lowest BCUT2D eigenvalue weighted by Crippen LogP contribution is -2.62. The molecule has 0 aromatic rings. The smallest absolute Gasteiger partial charge is 0.122 e. The predicted molar refractivity (Wildman–Crippen MR) is 122 cm³/mol. The molecular formula is C27H46O4. The molecule has 0 spiro atoms. The lowest BCUT2D eigenvalue weighted by Gasteiger charge is -2.63. The summed E-state index contributed by atoms with van der Waals surface area (Å²) >= 11 is 0. The van der Waals surface area contributed by atoms with Crippen LogP contribution in [0.5, 0.6) is 0 Å². The largest absolute Gasteiger partial charge is 0.393 e.